The molecule has 0 unspecified atom stereocenters. The van der Waals surface area contributed by atoms with Gasteiger partial charge in [0.05, 0.1) is 0 Å². The molecule has 3 heteroatoms. The van der Waals surface area contributed by atoms with E-state index in [1.54, 1.807) is 6.92 Å². The maximum Gasteiger partial charge on any atom is 0.159 e. The van der Waals surface area contributed by atoms with E-state index in [0.29, 0.717) is 0 Å². The zero-order valence-corrected chi connectivity index (χ0v) is 11.2. The first-order chi connectivity index (χ1) is 8.68. The molecule has 0 heterocycles. The Morgan fingerprint density at radius 1 is 1.17 bits per heavy atom. The van der Waals surface area contributed by atoms with Crippen LogP contribution in [0.1, 0.15) is 22.8 Å². The first-order valence-corrected chi connectivity index (χ1v) is 5.86. The van der Waals surface area contributed by atoms with E-state index in [1.165, 1.54) is 5.56 Å². The van der Waals surface area contributed by atoms with Gasteiger partial charge in [-0.05, 0) is 55.6 Å². The van der Waals surface area contributed by atoms with E-state index in [0.717, 1.165) is 16.7 Å². The third kappa shape index (κ3) is 3.45. The fourth-order valence-electron chi connectivity index (χ4n) is 1.77. The van der Waals surface area contributed by atoms with Crippen molar-refractivity contribution in [2.45, 2.75) is 13.8 Å². The molecule has 0 fully saturated rings. The van der Waals surface area contributed by atoms with Crippen LogP contribution in [0.4, 0.5) is 0 Å². The summed E-state index contributed by atoms with van der Waals surface area (Å²) in [6, 6.07) is 16.7. The van der Waals surface area contributed by atoms with Gasteiger partial charge in [0, 0.05) is 5.56 Å². The first-order valence-electron chi connectivity index (χ1n) is 5.46. The van der Waals surface area contributed by atoms with Gasteiger partial charge in [0.1, 0.15) is 0 Å². The Labute approximate surface area is 113 Å². The molecule has 0 spiro atoms. The highest BCUT2D eigenvalue weighted by Crippen LogP contribution is 2.23. The van der Waals surface area contributed by atoms with Crippen molar-refractivity contribution in [1.29, 1.82) is 0 Å². The lowest BCUT2D eigenvalue weighted by atomic mass is 9.97. The molecule has 2 aromatic carbocycles. The van der Waals surface area contributed by atoms with Crippen molar-refractivity contribution < 1.29 is 9.35 Å². The monoisotopic (exact) mass is 259 g/mol. The summed E-state index contributed by atoms with van der Waals surface area (Å²) in [5.74, 6) is 0.107. The van der Waals surface area contributed by atoms with Crippen LogP contribution in [-0.4, -0.2) is 10.3 Å². The van der Waals surface area contributed by atoms with Gasteiger partial charge in [0.2, 0.25) is 0 Å². The first kappa shape index (κ1) is 14.5. The highest BCUT2D eigenvalue weighted by atomic mass is 32.1. The maximum atomic E-state index is 11.2. The van der Waals surface area contributed by atoms with E-state index in [1.807, 2.05) is 49.4 Å². The molecular formula is C15H15O2S. The van der Waals surface area contributed by atoms with Crippen molar-refractivity contribution in [3.63, 3.8) is 0 Å². The fraction of sp³-hybridized carbons (Fsp3) is 0.133. The molecule has 18 heavy (non-hydrogen) atoms. The number of rotatable bonds is 2. The number of Topliss-reactive ketones (excluding diaryl/α,β-unsaturated/α-hetero) is 1. The van der Waals surface area contributed by atoms with Crippen LogP contribution in [0, 0.1) is 13.0 Å². The molecule has 2 nitrogen and oxygen atoms in total. The molecule has 0 aliphatic carbocycles. The Morgan fingerprint density at radius 2 is 1.78 bits per heavy atom. The lowest BCUT2D eigenvalue weighted by molar-refractivity contribution is 0.101. The van der Waals surface area contributed by atoms with E-state index in [2.05, 4.69) is 19.0 Å². The smallest absolute Gasteiger partial charge is 0.159 e. The van der Waals surface area contributed by atoms with Gasteiger partial charge in [-0.1, -0.05) is 36.4 Å². The van der Waals surface area contributed by atoms with Gasteiger partial charge in [-0.15, -0.1) is 0 Å². The second-order valence-corrected chi connectivity index (χ2v) is 3.87. The topological polar surface area (TPSA) is 37.3 Å². The number of benzene rings is 2. The molecule has 93 valence electrons. The van der Waals surface area contributed by atoms with Gasteiger partial charge in [-0.25, -0.2) is 0 Å². The van der Waals surface area contributed by atoms with Gasteiger partial charge >= 0.3 is 0 Å². The van der Waals surface area contributed by atoms with Crippen molar-refractivity contribution in [1.82, 2.24) is 0 Å². The normalized spacial score (nSPS) is 9.33. The van der Waals surface area contributed by atoms with E-state index in [-0.39, 0.29) is 5.78 Å². The second-order valence-electron chi connectivity index (χ2n) is 3.87. The quantitative estimate of drug-likeness (QED) is 0.485. The summed E-state index contributed by atoms with van der Waals surface area (Å²) >= 11 is 2.53. The van der Waals surface area contributed by atoms with Crippen LogP contribution in [0.3, 0.4) is 0 Å². The summed E-state index contributed by atoms with van der Waals surface area (Å²) < 4.78 is 6.69. The molecule has 0 aliphatic rings. The summed E-state index contributed by atoms with van der Waals surface area (Å²) in [7, 11) is 0. The number of carbonyl (C=O) groups is 1. The molecule has 0 saturated heterocycles. The minimum absolute atomic E-state index is 0.107. The summed E-state index contributed by atoms with van der Waals surface area (Å²) in [6.07, 6.45) is 0. The van der Waals surface area contributed by atoms with Crippen LogP contribution in [0.2, 0.25) is 0 Å². The largest absolute Gasteiger partial charge is 0.333 e. The lowest BCUT2D eigenvalue weighted by Gasteiger charge is -2.07. The van der Waals surface area contributed by atoms with Crippen LogP contribution in [-0.2, 0) is 0 Å². The molecule has 1 radical (unpaired) electrons. The Balaban J connectivity index is 0.000000771. The molecule has 2 rings (SSSR count). The third-order valence-corrected chi connectivity index (χ3v) is 2.66. The van der Waals surface area contributed by atoms with Crippen molar-refractivity contribution in [2.24, 2.45) is 0 Å². The molecule has 0 saturated carbocycles. The average Bonchev–Trinajstić information content (AvgIpc) is 2.42. The fourth-order valence-corrected chi connectivity index (χ4v) is 1.77. The summed E-state index contributed by atoms with van der Waals surface area (Å²) in [4.78, 5) is 11.2. The molecule has 0 aliphatic heterocycles. The maximum absolute atomic E-state index is 11.2. The zero-order valence-electron chi connectivity index (χ0n) is 10.3. The number of ketones is 1. The van der Waals surface area contributed by atoms with Crippen LogP contribution in [0.5, 0.6) is 0 Å². The van der Waals surface area contributed by atoms with E-state index in [9.17, 15) is 4.79 Å². The SMILES string of the molecule is CC(=O)c1ccc(-c2cc[c]cc2)c(C)c1.OS. The lowest BCUT2D eigenvalue weighted by Crippen LogP contribution is -1.93. The molecule has 0 amide bonds. The van der Waals surface area contributed by atoms with Gasteiger partial charge in [-0.3, -0.25) is 4.79 Å². The minimum Gasteiger partial charge on any atom is -0.333 e. The van der Waals surface area contributed by atoms with Gasteiger partial charge in [0.25, 0.3) is 0 Å². The van der Waals surface area contributed by atoms with Crippen molar-refractivity contribution in [3.8, 4) is 11.1 Å². The molecule has 1 N–H and O–H groups in total. The van der Waals surface area contributed by atoms with Gasteiger partial charge in [-0.2, -0.15) is 0 Å². The Hall–Kier alpha value is -1.58. The third-order valence-electron chi connectivity index (χ3n) is 2.66. The number of aryl methyl sites for hydroxylation is 1. The number of hydrogen-bond donors (Lipinski definition) is 2. The second kappa shape index (κ2) is 6.99. The van der Waals surface area contributed by atoms with E-state index >= 15 is 0 Å². The molecule has 0 atom stereocenters. The van der Waals surface area contributed by atoms with Crippen LogP contribution >= 0.6 is 12.9 Å². The van der Waals surface area contributed by atoms with E-state index < -0.39 is 0 Å². The minimum atomic E-state index is 0.107. The van der Waals surface area contributed by atoms with Gasteiger partial charge in [0.15, 0.2) is 5.78 Å². The van der Waals surface area contributed by atoms with Gasteiger partial charge < -0.3 is 4.55 Å². The highest BCUT2D eigenvalue weighted by molar-refractivity contribution is 7.74. The summed E-state index contributed by atoms with van der Waals surface area (Å²) in [5.41, 5.74) is 4.22. The predicted molar refractivity (Wildman–Crippen MR) is 77.1 cm³/mol. The Kier molecular flexibility index (Phi) is 5.62. The molecular weight excluding hydrogens is 244 g/mol. The number of thiol groups is 1. The van der Waals surface area contributed by atoms with Crippen molar-refractivity contribution in [3.05, 3.63) is 59.7 Å². The number of hydrogen-bond acceptors (Lipinski definition) is 3. The van der Waals surface area contributed by atoms with Crippen LogP contribution in [0.15, 0.2) is 42.5 Å². The standard InChI is InChI=1S/C15H13O.H2OS/c1-11-10-14(12(2)16)8-9-15(11)13-6-4-3-5-7-13;1-2/h4-10H,1-2H3;1-2H. The summed E-state index contributed by atoms with van der Waals surface area (Å²) in [6.45, 7) is 3.62. The predicted octanol–water partition coefficient (Wildman–Crippen LogP) is 4.05. The molecule has 2 aromatic rings. The van der Waals surface area contributed by atoms with E-state index in [4.69, 9.17) is 4.55 Å². The Bertz CT molecular complexity index is 521. The summed E-state index contributed by atoms with van der Waals surface area (Å²) in [5, 5.41) is 0. The molecule has 0 aromatic heterocycles. The van der Waals surface area contributed by atoms with Crippen LogP contribution in [0.25, 0.3) is 11.1 Å². The Morgan fingerprint density at radius 3 is 2.28 bits per heavy atom. The molecule has 0 bridgehead atoms. The van der Waals surface area contributed by atoms with Crippen LogP contribution < -0.4 is 0 Å². The highest BCUT2D eigenvalue weighted by Gasteiger charge is 2.04. The zero-order chi connectivity index (χ0) is 13.5. The van der Waals surface area contributed by atoms with Crippen molar-refractivity contribution >= 4 is 18.7 Å². The number of carbonyl (C=O) groups excluding carboxylic acids is 1. The van der Waals surface area contributed by atoms with Crippen molar-refractivity contribution in [2.75, 3.05) is 0 Å². The average molecular weight is 259 g/mol.